The van der Waals surface area contributed by atoms with Crippen LogP contribution >= 0.6 is 0 Å². The van der Waals surface area contributed by atoms with Gasteiger partial charge in [-0.25, -0.2) is 8.42 Å². The van der Waals surface area contributed by atoms with Gasteiger partial charge in [0.05, 0.1) is 11.5 Å². The topological polar surface area (TPSA) is 58.6 Å². The molecule has 2 atom stereocenters. The Balaban J connectivity index is 1.99. The molecule has 1 aromatic carbocycles. The van der Waals surface area contributed by atoms with Crippen LogP contribution in [0.15, 0.2) is 23.1 Å². The third-order valence-electron chi connectivity index (χ3n) is 3.98. The number of nitrogens with one attached hydrogen (secondary N) is 1. The van der Waals surface area contributed by atoms with Crippen molar-refractivity contribution in [1.82, 2.24) is 9.62 Å². The highest BCUT2D eigenvalue weighted by Crippen LogP contribution is 2.30. The van der Waals surface area contributed by atoms with E-state index in [0.29, 0.717) is 24.6 Å². The molecule has 110 valence electrons. The van der Waals surface area contributed by atoms with Gasteiger partial charge in [-0.3, -0.25) is 0 Å². The maximum Gasteiger partial charge on any atom is 0.243 e. The van der Waals surface area contributed by atoms with Gasteiger partial charge in [0, 0.05) is 31.6 Å². The summed E-state index contributed by atoms with van der Waals surface area (Å²) in [6.07, 6.45) is 0.783. The molecular formula is C14H20N2O3S. The molecule has 0 aromatic heterocycles. The molecule has 2 aliphatic rings. The fourth-order valence-electron chi connectivity index (χ4n) is 3.03. The Labute approximate surface area is 120 Å². The van der Waals surface area contributed by atoms with E-state index in [-0.39, 0.29) is 12.1 Å². The highest BCUT2D eigenvalue weighted by atomic mass is 32.2. The molecule has 1 fully saturated rings. The minimum absolute atomic E-state index is 0.0340. The number of rotatable bonds is 2. The van der Waals surface area contributed by atoms with Crippen molar-refractivity contribution in [3.05, 3.63) is 23.8 Å². The second-order valence-electron chi connectivity index (χ2n) is 5.56. The summed E-state index contributed by atoms with van der Waals surface area (Å²) in [7, 11) is -3.44. The van der Waals surface area contributed by atoms with Crippen LogP contribution in [0.1, 0.15) is 19.4 Å². The highest BCUT2D eigenvalue weighted by molar-refractivity contribution is 7.89. The Kier molecular flexibility index (Phi) is 3.48. The van der Waals surface area contributed by atoms with Crippen LogP contribution in [0.2, 0.25) is 0 Å². The first-order chi connectivity index (χ1) is 9.50. The predicted octanol–water partition coefficient (Wildman–Crippen LogP) is 0.992. The monoisotopic (exact) mass is 296 g/mol. The zero-order valence-corrected chi connectivity index (χ0v) is 12.6. The molecule has 1 aromatic rings. The summed E-state index contributed by atoms with van der Waals surface area (Å²) in [4.78, 5) is 0.377. The van der Waals surface area contributed by atoms with Gasteiger partial charge in [0.2, 0.25) is 10.0 Å². The summed E-state index contributed by atoms with van der Waals surface area (Å²) in [5, 5.41) is 3.25. The van der Waals surface area contributed by atoms with E-state index < -0.39 is 10.0 Å². The summed E-state index contributed by atoms with van der Waals surface area (Å²) in [5.41, 5.74) is 0.988. The summed E-state index contributed by atoms with van der Waals surface area (Å²) in [5.74, 6) is 0.811. The minimum Gasteiger partial charge on any atom is -0.493 e. The van der Waals surface area contributed by atoms with Gasteiger partial charge in [0.1, 0.15) is 5.75 Å². The minimum atomic E-state index is -3.44. The van der Waals surface area contributed by atoms with Gasteiger partial charge in [-0.05, 0) is 37.6 Å². The zero-order valence-electron chi connectivity index (χ0n) is 11.8. The molecule has 20 heavy (non-hydrogen) atoms. The lowest BCUT2D eigenvalue weighted by molar-refractivity contribution is 0.220. The van der Waals surface area contributed by atoms with E-state index in [9.17, 15) is 8.42 Å². The Morgan fingerprint density at radius 3 is 2.65 bits per heavy atom. The van der Waals surface area contributed by atoms with Gasteiger partial charge in [-0.2, -0.15) is 4.31 Å². The van der Waals surface area contributed by atoms with Crippen molar-refractivity contribution >= 4 is 10.0 Å². The second-order valence-corrected chi connectivity index (χ2v) is 7.40. The van der Waals surface area contributed by atoms with Crippen molar-refractivity contribution in [1.29, 1.82) is 0 Å². The van der Waals surface area contributed by atoms with Crippen LogP contribution < -0.4 is 10.1 Å². The van der Waals surface area contributed by atoms with E-state index in [0.717, 1.165) is 17.7 Å². The number of ether oxygens (including phenoxy) is 1. The SMILES string of the molecule is CC1CNCC(C)N1S(=O)(=O)c1ccc2c(c1)CCO2. The number of piperazine rings is 1. The number of sulfonamides is 1. The maximum atomic E-state index is 12.9. The van der Waals surface area contributed by atoms with E-state index >= 15 is 0 Å². The van der Waals surface area contributed by atoms with Gasteiger partial charge < -0.3 is 10.1 Å². The molecule has 2 aliphatic heterocycles. The normalized spacial score (nSPS) is 27.1. The van der Waals surface area contributed by atoms with E-state index in [1.807, 2.05) is 13.8 Å². The number of hydrogen-bond donors (Lipinski definition) is 1. The molecule has 0 bridgehead atoms. The Bertz CT molecular complexity index is 605. The molecule has 6 heteroatoms. The van der Waals surface area contributed by atoms with E-state index in [4.69, 9.17) is 4.74 Å². The van der Waals surface area contributed by atoms with Crippen LogP contribution in [0.5, 0.6) is 5.75 Å². The average Bonchev–Trinajstić information content (AvgIpc) is 2.85. The van der Waals surface area contributed by atoms with E-state index in [1.165, 1.54) is 0 Å². The van der Waals surface area contributed by atoms with Crippen LogP contribution in [0, 0.1) is 0 Å². The molecule has 2 unspecified atom stereocenters. The molecule has 0 saturated carbocycles. The van der Waals surface area contributed by atoms with Crippen LogP contribution in [0.4, 0.5) is 0 Å². The molecule has 0 radical (unpaired) electrons. The Hall–Kier alpha value is -1.11. The van der Waals surface area contributed by atoms with Gasteiger partial charge in [-0.1, -0.05) is 0 Å². The van der Waals surface area contributed by atoms with E-state index in [1.54, 1.807) is 22.5 Å². The van der Waals surface area contributed by atoms with Crippen molar-refractivity contribution < 1.29 is 13.2 Å². The molecule has 1 N–H and O–H groups in total. The Morgan fingerprint density at radius 2 is 1.95 bits per heavy atom. The standard InChI is InChI=1S/C14H20N2O3S/c1-10-8-15-9-11(2)16(10)20(17,18)13-3-4-14-12(7-13)5-6-19-14/h3-4,7,10-11,15H,5-6,8-9H2,1-2H3. The lowest BCUT2D eigenvalue weighted by Crippen LogP contribution is -2.57. The average molecular weight is 296 g/mol. The molecule has 2 heterocycles. The number of benzene rings is 1. The molecule has 0 spiro atoms. The van der Waals surface area contributed by atoms with Crippen LogP contribution in [-0.4, -0.2) is 44.5 Å². The molecular weight excluding hydrogens is 276 g/mol. The highest BCUT2D eigenvalue weighted by Gasteiger charge is 2.36. The maximum absolute atomic E-state index is 12.9. The summed E-state index contributed by atoms with van der Waals surface area (Å²) in [6.45, 7) is 5.90. The second kappa shape index (κ2) is 5.02. The molecule has 0 aliphatic carbocycles. The first kappa shape index (κ1) is 13.9. The van der Waals surface area contributed by atoms with Crippen molar-refractivity contribution in [2.45, 2.75) is 37.2 Å². The fraction of sp³-hybridized carbons (Fsp3) is 0.571. The van der Waals surface area contributed by atoms with Crippen molar-refractivity contribution in [3.8, 4) is 5.75 Å². The molecule has 0 amide bonds. The smallest absolute Gasteiger partial charge is 0.243 e. The number of hydrogen-bond acceptors (Lipinski definition) is 4. The van der Waals surface area contributed by atoms with Gasteiger partial charge in [0.25, 0.3) is 0 Å². The fourth-order valence-corrected chi connectivity index (χ4v) is 4.91. The zero-order chi connectivity index (χ0) is 14.3. The lowest BCUT2D eigenvalue weighted by Gasteiger charge is -2.38. The molecule has 1 saturated heterocycles. The predicted molar refractivity (Wildman–Crippen MR) is 76.5 cm³/mol. The molecule has 3 rings (SSSR count). The molecule has 5 nitrogen and oxygen atoms in total. The van der Waals surface area contributed by atoms with E-state index in [2.05, 4.69) is 5.32 Å². The number of nitrogens with zero attached hydrogens (tertiary/aromatic N) is 1. The first-order valence-electron chi connectivity index (χ1n) is 7.00. The summed E-state index contributed by atoms with van der Waals surface area (Å²) in [6, 6.07) is 5.12. The Morgan fingerprint density at radius 1 is 1.25 bits per heavy atom. The van der Waals surface area contributed by atoms with Crippen molar-refractivity contribution in [2.24, 2.45) is 0 Å². The number of fused-ring (bicyclic) bond motifs is 1. The van der Waals surface area contributed by atoms with Gasteiger partial charge in [-0.15, -0.1) is 0 Å². The first-order valence-corrected chi connectivity index (χ1v) is 8.44. The third kappa shape index (κ3) is 2.21. The van der Waals surface area contributed by atoms with Crippen LogP contribution in [0.3, 0.4) is 0 Å². The van der Waals surface area contributed by atoms with Crippen LogP contribution in [0.25, 0.3) is 0 Å². The van der Waals surface area contributed by atoms with Gasteiger partial charge >= 0.3 is 0 Å². The summed E-state index contributed by atoms with van der Waals surface area (Å²) >= 11 is 0. The van der Waals surface area contributed by atoms with Crippen molar-refractivity contribution in [3.63, 3.8) is 0 Å². The van der Waals surface area contributed by atoms with Crippen molar-refractivity contribution in [2.75, 3.05) is 19.7 Å². The largest absolute Gasteiger partial charge is 0.493 e. The van der Waals surface area contributed by atoms with Crippen LogP contribution in [-0.2, 0) is 16.4 Å². The van der Waals surface area contributed by atoms with Gasteiger partial charge in [0.15, 0.2) is 0 Å². The quantitative estimate of drug-likeness (QED) is 0.884. The third-order valence-corrected chi connectivity index (χ3v) is 6.11. The lowest BCUT2D eigenvalue weighted by atomic mass is 10.2. The summed E-state index contributed by atoms with van der Waals surface area (Å²) < 4.78 is 32.8.